The van der Waals surface area contributed by atoms with Crippen molar-refractivity contribution in [2.45, 2.75) is 51.9 Å². The van der Waals surface area contributed by atoms with Crippen molar-refractivity contribution in [3.63, 3.8) is 0 Å². The van der Waals surface area contributed by atoms with E-state index in [0.29, 0.717) is 31.1 Å². The number of ether oxygens (including phenoxy) is 1. The van der Waals surface area contributed by atoms with Gasteiger partial charge in [-0.25, -0.2) is 0 Å². The first-order valence-electron chi connectivity index (χ1n) is 13.1. The van der Waals surface area contributed by atoms with Crippen molar-refractivity contribution in [3.05, 3.63) is 72.9 Å². The number of likely N-dealkylation sites (N-methyl/N-ethyl adjacent to an activating group) is 1. The van der Waals surface area contributed by atoms with E-state index in [1.807, 2.05) is 12.2 Å². The van der Waals surface area contributed by atoms with E-state index in [1.54, 1.807) is 0 Å². The molecule has 0 aliphatic heterocycles. The van der Waals surface area contributed by atoms with Gasteiger partial charge < -0.3 is 26.9 Å². The van der Waals surface area contributed by atoms with Gasteiger partial charge in [-0.15, -0.1) is 11.8 Å². The quantitative estimate of drug-likeness (QED) is 0.103. The van der Waals surface area contributed by atoms with Gasteiger partial charge in [0.1, 0.15) is 13.2 Å². The van der Waals surface area contributed by atoms with Crippen LogP contribution in [-0.2, 0) is 14.3 Å². The average Bonchev–Trinajstić information content (AvgIpc) is 2.82. The third-order valence-electron chi connectivity index (χ3n) is 4.71. The van der Waals surface area contributed by atoms with E-state index in [1.165, 1.54) is 11.8 Å². The summed E-state index contributed by atoms with van der Waals surface area (Å²) in [6.07, 6.45) is 31.9. The molecule has 0 atom stereocenters. The molecule has 1 N–H and O–H groups in total. The Labute approximate surface area is 236 Å². The fourth-order valence-electron chi connectivity index (χ4n) is 2.68. The molecular weight excluding hydrogens is 504 g/mol. The molecule has 0 heterocycles. The van der Waals surface area contributed by atoms with Crippen LogP contribution in [0.3, 0.4) is 0 Å². The Bertz CT molecular complexity index is 750. The number of nitrogens with zero attached hydrogens (tertiary/aromatic N) is 1. The zero-order valence-corrected chi connectivity index (χ0v) is 24.9. The highest BCUT2D eigenvalue weighted by Gasteiger charge is 2.09. The van der Waals surface area contributed by atoms with E-state index in [9.17, 15) is 9.59 Å². The van der Waals surface area contributed by atoms with Crippen LogP contribution in [0.1, 0.15) is 51.9 Å². The second-order valence-electron chi connectivity index (χ2n) is 9.26. The van der Waals surface area contributed by atoms with Gasteiger partial charge in [-0.2, -0.15) is 0 Å². The van der Waals surface area contributed by atoms with Gasteiger partial charge >= 0.3 is 5.97 Å². The summed E-state index contributed by atoms with van der Waals surface area (Å²) in [7, 11) is 6.18. The maximum atomic E-state index is 11.8. The van der Waals surface area contributed by atoms with Gasteiger partial charge in [0.15, 0.2) is 0 Å². The minimum atomic E-state index is -0.197. The van der Waals surface area contributed by atoms with Crippen molar-refractivity contribution >= 4 is 23.6 Å². The predicted octanol–water partition coefficient (Wildman–Crippen LogP) is 3.18. The van der Waals surface area contributed by atoms with Crippen LogP contribution in [-0.4, -0.2) is 68.7 Å². The number of quaternary nitrogens is 1. The number of nitrogens with one attached hydrogen (secondary N) is 1. The van der Waals surface area contributed by atoms with E-state index in [-0.39, 0.29) is 24.3 Å². The number of esters is 1. The van der Waals surface area contributed by atoms with E-state index in [0.717, 1.165) is 49.6 Å². The highest BCUT2D eigenvalue weighted by molar-refractivity contribution is 7.99. The van der Waals surface area contributed by atoms with Gasteiger partial charge in [-0.3, -0.25) is 9.59 Å². The van der Waals surface area contributed by atoms with E-state index in [2.05, 4.69) is 94.1 Å². The summed E-state index contributed by atoms with van der Waals surface area (Å²) in [6.45, 7) is 3.93. The number of allylic oxidation sites excluding steroid dienone is 11. The molecule has 0 aromatic heterocycles. The van der Waals surface area contributed by atoms with Gasteiger partial charge in [0, 0.05) is 18.7 Å². The van der Waals surface area contributed by atoms with E-state index < -0.39 is 0 Å². The normalized spacial score (nSPS) is 12.5. The van der Waals surface area contributed by atoms with Crippen molar-refractivity contribution in [1.82, 2.24) is 5.32 Å². The molecule has 7 heteroatoms. The van der Waals surface area contributed by atoms with Crippen LogP contribution in [0.15, 0.2) is 72.9 Å². The van der Waals surface area contributed by atoms with E-state index >= 15 is 0 Å². The molecule has 37 heavy (non-hydrogen) atoms. The number of carbonyl (C=O) groups excluding carboxylic acids is 2. The Morgan fingerprint density at radius 3 is 1.68 bits per heavy atom. The highest BCUT2D eigenvalue weighted by Crippen LogP contribution is 2.01. The number of carbonyl (C=O) groups is 2. The molecule has 0 aromatic carbocycles. The molecule has 0 rings (SSSR count). The van der Waals surface area contributed by atoms with E-state index in [4.69, 9.17) is 4.74 Å². The zero-order chi connectivity index (χ0) is 26.7. The Morgan fingerprint density at radius 1 is 0.757 bits per heavy atom. The summed E-state index contributed by atoms with van der Waals surface area (Å²) in [6, 6.07) is 0. The molecule has 0 saturated carbocycles. The van der Waals surface area contributed by atoms with Gasteiger partial charge in [0.05, 0.1) is 26.9 Å². The lowest BCUT2D eigenvalue weighted by molar-refractivity contribution is -0.870. The summed E-state index contributed by atoms with van der Waals surface area (Å²) < 4.78 is 5.97. The Balaban J connectivity index is 0. The first-order valence-corrected chi connectivity index (χ1v) is 14.2. The molecule has 0 aromatic rings. The standard InChI is InChI=1S/C30H48N2O3S.ClH/c1-5-6-7-8-9-10-11-12-13-14-15-16-17-18-19-20-21-22-23-29(33)31-24-27-36-28-30(34)35-26-25-32(2,3)4;/h6-7,9-10,12-13,15-16,18-19,21-22H,5,8,11,14,17,20,23-28H2,1-4H3;1H/b7-6-,10-9-,13-12-,16-15-,19-18-,22-21-;. The maximum Gasteiger partial charge on any atom is 0.316 e. The summed E-state index contributed by atoms with van der Waals surface area (Å²) in [5.74, 6) is 0.819. The molecule has 0 saturated heterocycles. The monoisotopic (exact) mass is 552 g/mol. The van der Waals surface area contributed by atoms with Crippen molar-refractivity contribution < 1.29 is 31.2 Å². The van der Waals surface area contributed by atoms with Gasteiger partial charge in [-0.1, -0.05) is 79.8 Å². The second kappa shape index (κ2) is 27.0. The fraction of sp³-hybridized carbons (Fsp3) is 0.533. The van der Waals surface area contributed by atoms with Crippen LogP contribution >= 0.6 is 11.8 Å². The molecule has 0 aliphatic carbocycles. The molecule has 0 fully saturated rings. The molecule has 0 radical (unpaired) electrons. The molecule has 1 amide bonds. The van der Waals surface area contributed by atoms with Crippen LogP contribution in [0.25, 0.3) is 0 Å². The molecule has 210 valence electrons. The fourth-order valence-corrected chi connectivity index (χ4v) is 3.32. The van der Waals surface area contributed by atoms with Crippen LogP contribution in [0.2, 0.25) is 0 Å². The Hall–Kier alpha value is -2.02. The van der Waals surface area contributed by atoms with Crippen molar-refractivity contribution in [2.75, 3.05) is 52.3 Å². The average molecular weight is 553 g/mol. The molecule has 0 unspecified atom stereocenters. The second-order valence-corrected chi connectivity index (χ2v) is 10.4. The molecular formula is C30H49ClN2O3S. The summed E-state index contributed by atoms with van der Waals surface area (Å²) in [5.41, 5.74) is 0. The maximum absolute atomic E-state index is 11.8. The molecule has 0 spiro atoms. The van der Waals surface area contributed by atoms with Crippen LogP contribution < -0.4 is 17.7 Å². The van der Waals surface area contributed by atoms with Crippen molar-refractivity contribution in [1.29, 1.82) is 0 Å². The summed E-state index contributed by atoms with van der Waals surface area (Å²) in [5, 5.41) is 2.87. The lowest BCUT2D eigenvalue weighted by Crippen LogP contribution is -3.00. The number of thioether (sulfide) groups is 1. The smallest absolute Gasteiger partial charge is 0.316 e. The minimum Gasteiger partial charge on any atom is -1.00 e. The topological polar surface area (TPSA) is 55.4 Å². The SMILES string of the molecule is CC/C=C\C/C=C\C/C=C\C/C=C\C/C=C\C/C=C\CC(=O)NCCSCC(=O)OCC[N+](C)(C)C.[Cl-]. The lowest BCUT2D eigenvalue weighted by Gasteiger charge is -2.23. The lowest BCUT2D eigenvalue weighted by atomic mass is 10.2. The predicted molar refractivity (Wildman–Crippen MR) is 157 cm³/mol. The number of hydrogen-bond acceptors (Lipinski definition) is 4. The first kappa shape index (κ1) is 37.1. The van der Waals surface area contributed by atoms with Crippen molar-refractivity contribution in [3.8, 4) is 0 Å². The number of hydrogen-bond donors (Lipinski definition) is 1. The van der Waals surface area contributed by atoms with Crippen LogP contribution in [0.5, 0.6) is 0 Å². The van der Waals surface area contributed by atoms with Gasteiger partial charge in [-0.05, 0) is 38.5 Å². The number of halogens is 1. The molecule has 5 nitrogen and oxygen atoms in total. The van der Waals surface area contributed by atoms with Crippen LogP contribution in [0, 0.1) is 0 Å². The third-order valence-corrected chi connectivity index (χ3v) is 5.65. The molecule has 0 bridgehead atoms. The zero-order valence-electron chi connectivity index (χ0n) is 23.4. The summed E-state index contributed by atoms with van der Waals surface area (Å²) in [4.78, 5) is 23.5. The molecule has 0 aliphatic rings. The van der Waals surface area contributed by atoms with Crippen LogP contribution in [0.4, 0.5) is 0 Å². The number of amides is 1. The minimum absolute atomic E-state index is 0. The Kier molecular flexibility index (Phi) is 27.1. The van der Waals surface area contributed by atoms with Crippen molar-refractivity contribution in [2.24, 2.45) is 0 Å². The highest BCUT2D eigenvalue weighted by atomic mass is 35.5. The summed E-state index contributed by atoms with van der Waals surface area (Å²) >= 11 is 1.48. The largest absolute Gasteiger partial charge is 1.00 e. The Morgan fingerprint density at radius 2 is 1.22 bits per heavy atom. The van der Waals surface area contributed by atoms with Gasteiger partial charge in [0.25, 0.3) is 0 Å². The number of rotatable bonds is 21. The third kappa shape index (κ3) is 32.0. The first-order chi connectivity index (χ1) is 17.3. The van der Waals surface area contributed by atoms with Gasteiger partial charge in [0.2, 0.25) is 5.91 Å².